The van der Waals surface area contributed by atoms with Gasteiger partial charge in [0.15, 0.2) is 5.78 Å². The molecule has 0 aromatic carbocycles. The van der Waals surface area contributed by atoms with E-state index in [1.54, 1.807) is 13.0 Å². The van der Waals surface area contributed by atoms with Crippen LogP contribution in [0.2, 0.25) is 0 Å². The zero-order chi connectivity index (χ0) is 13.5. The van der Waals surface area contributed by atoms with E-state index in [9.17, 15) is 14.4 Å². The van der Waals surface area contributed by atoms with Crippen molar-refractivity contribution in [3.63, 3.8) is 0 Å². The lowest BCUT2D eigenvalue weighted by Crippen LogP contribution is -2.40. The number of hydrogen-bond donors (Lipinski definition) is 2. The van der Waals surface area contributed by atoms with E-state index in [0.717, 1.165) is 4.88 Å². The number of thiophene rings is 1. The van der Waals surface area contributed by atoms with Crippen LogP contribution in [0.25, 0.3) is 0 Å². The van der Waals surface area contributed by atoms with Crippen molar-refractivity contribution in [3.8, 4) is 0 Å². The zero-order valence-corrected chi connectivity index (χ0v) is 11.2. The van der Waals surface area contributed by atoms with E-state index in [1.165, 1.54) is 18.3 Å². The van der Waals surface area contributed by atoms with Gasteiger partial charge in [-0.15, -0.1) is 11.3 Å². The molecule has 2 N–H and O–H groups in total. The van der Waals surface area contributed by atoms with Gasteiger partial charge in [-0.3, -0.25) is 14.4 Å². The third-order valence-corrected chi connectivity index (χ3v) is 3.46. The molecule has 0 aliphatic heterocycles. The van der Waals surface area contributed by atoms with Crippen molar-refractivity contribution >= 4 is 28.9 Å². The molecule has 0 fully saturated rings. The molecule has 1 aromatic heterocycles. The summed E-state index contributed by atoms with van der Waals surface area (Å²) in [4.78, 5) is 35.2. The van der Waals surface area contributed by atoms with Crippen LogP contribution in [-0.4, -0.2) is 30.7 Å². The molecule has 1 rings (SSSR count). The summed E-state index contributed by atoms with van der Waals surface area (Å²) in [6.07, 6.45) is 0.614. The van der Waals surface area contributed by atoms with Crippen LogP contribution in [0.5, 0.6) is 0 Å². The SMILES string of the molecule is CCNC(=O)C(=O)NCCc1ccc(C(C)=O)s1. The molecule has 0 radical (unpaired) electrons. The van der Waals surface area contributed by atoms with Crippen LogP contribution in [-0.2, 0) is 16.0 Å². The van der Waals surface area contributed by atoms with Gasteiger partial charge in [0.05, 0.1) is 4.88 Å². The highest BCUT2D eigenvalue weighted by atomic mass is 32.1. The summed E-state index contributed by atoms with van der Waals surface area (Å²) in [5, 5.41) is 4.94. The van der Waals surface area contributed by atoms with Crippen LogP contribution < -0.4 is 10.6 Å². The maximum Gasteiger partial charge on any atom is 0.309 e. The maximum atomic E-state index is 11.3. The Labute approximate surface area is 110 Å². The smallest absolute Gasteiger partial charge is 0.309 e. The summed E-state index contributed by atoms with van der Waals surface area (Å²) in [6.45, 7) is 4.08. The standard InChI is InChI=1S/C12H16N2O3S/c1-3-13-11(16)12(17)14-7-6-9-4-5-10(18-9)8(2)15/h4-5H,3,6-7H2,1-2H3,(H,13,16)(H,14,17). The fraction of sp³-hybridized carbons (Fsp3) is 0.417. The average molecular weight is 268 g/mol. The Bertz CT molecular complexity index is 454. The second kappa shape index (κ2) is 6.90. The third-order valence-electron chi connectivity index (χ3n) is 2.21. The van der Waals surface area contributed by atoms with Gasteiger partial charge in [0, 0.05) is 18.0 Å². The second-order valence-corrected chi connectivity index (χ2v) is 4.86. The van der Waals surface area contributed by atoms with Crippen molar-refractivity contribution in [1.29, 1.82) is 0 Å². The van der Waals surface area contributed by atoms with Crippen LogP contribution in [0, 0.1) is 0 Å². The molecule has 1 aromatic rings. The van der Waals surface area contributed by atoms with E-state index in [-0.39, 0.29) is 5.78 Å². The molecule has 0 unspecified atom stereocenters. The Morgan fingerprint density at radius 3 is 2.39 bits per heavy atom. The molecule has 6 heteroatoms. The lowest BCUT2D eigenvalue weighted by atomic mass is 10.3. The fourth-order valence-electron chi connectivity index (χ4n) is 1.32. The number of hydrogen-bond acceptors (Lipinski definition) is 4. The lowest BCUT2D eigenvalue weighted by Gasteiger charge is -2.03. The molecule has 0 saturated heterocycles. The molecule has 2 amide bonds. The van der Waals surface area contributed by atoms with Gasteiger partial charge in [0.1, 0.15) is 0 Å². The molecule has 5 nitrogen and oxygen atoms in total. The minimum absolute atomic E-state index is 0.0395. The molecule has 0 aliphatic carbocycles. The Hall–Kier alpha value is -1.69. The van der Waals surface area contributed by atoms with E-state index in [0.29, 0.717) is 24.4 Å². The van der Waals surface area contributed by atoms with Crippen LogP contribution in [0.4, 0.5) is 0 Å². The van der Waals surface area contributed by atoms with E-state index in [2.05, 4.69) is 10.6 Å². The Morgan fingerprint density at radius 1 is 1.17 bits per heavy atom. The molecule has 98 valence electrons. The maximum absolute atomic E-state index is 11.3. The Balaban J connectivity index is 2.35. The average Bonchev–Trinajstić information content (AvgIpc) is 2.78. The third kappa shape index (κ3) is 4.29. The topological polar surface area (TPSA) is 75.3 Å². The minimum atomic E-state index is -0.625. The summed E-state index contributed by atoms with van der Waals surface area (Å²) >= 11 is 1.41. The van der Waals surface area contributed by atoms with Crippen LogP contribution >= 0.6 is 11.3 Å². The second-order valence-electron chi connectivity index (χ2n) is 3.69. The summed E-state index contributed by atoms with van der Waals surface area (Å²) in [5.74, 6) is -1.20. The van der Waals surface area contributed by atoms with Crippen LogP contribution in [0.3, 0.4) is 0 Å². The number of carbonyl (C=O) groups excluding carboxylic acids is 3. The first kappa shape index (κ1) is 14.4. The van der Waals surface area contributed by atoms with Gasteiger partial charge in [0.2, 0.25) is 0 Å². The molecule has 0 aliphatic rings. The monoisotopic (exact) mass is 268 g/mol. The van der Waals surface area contributed by atoms with Crippen molar-refractivity contribution in [1.82, 2.24) is 10.6 Å². The summed E-state index contributed by atoms with van der Waals surface area (Å²) < 4.78 is 0. The first-order valence-electron chi connectivity index (χ1n) is 5.70. The fourth-order valence-corrected chi connectivity index (χ4v) is 2.22. The first-order valence-corrected chi connectivity index (χ1v) is 6.52. The number of carbonyl (C=O) groups is 3. The van der Waals surface area contributed by atoms with Crippen molar-refractivity contribution < 1.29 is 14.4 Å². The Kier molecular flexibility index (Phi) is 5.51. The van der Waals surface area contributed by atoms with Crippen molar-refractivity contribution in [2.24, 2.45) is 0 Å². The Morgan fingerprint density at radius 2 is 1.83 bits per heavy atom. The van der Waals surface area contributed by atoms with Gasteiger partial charge in [-0.25, -0.2) is 0 Å². The van der Waals surface area contributed by atoms with Gasteiger partial charge in [0.25, 0.3) is 0 Å². The molecular weight excluding hydrogens is 252 g/mol. The van der Waals surface area contributed by atoms with Gasteiger partial charge >= 0.3 is 11.8 Å². The summed E-state index contributed by atoms with van der Waals surface area (Å²) in [6, 6.07) is 3.63. The highest BCUT2D eigenvalue weighted by molar-refractivity contribution is 7.14. The number of likely N-dealkylation sites (N-methyl/N-ethyl adjacent to an activating group) is 1. The van der Waals surface area contributed by atoms with E-state index >= 15 is 0 Å². The molecular formula is C12H16N2O3S. The molecule has 18 heavy (non-hydrogen) atoms. The predicted octanol–water partition coefficient (Wildman–Crippen LogP) is 0.745. The lowest BCUT2D eigenvalue weighted by molar-refractivity contribution is -0.139. The highest BCUT2D eigenvalue weighted by Gasteiger charge is 2.11. The van der Waals surface area contributed by atoms with Gasteiger partial charge in [-0.05, 0) is 32.4 Å². The molecule has 0 spiro atoms. The van der Waals surface area contributed by atoms with Gasteiger partial charge in [-0.2, -0.15) is 0 Å². The number of ketones is 1. The first-order chi connectivity index (χ1) is 8.54. The van der Waals surface area contributed by atoms with Crippen molar-refractivity contribution in [2.75, 3.05) is 13.1 Å². The number of rotatable bonds is 5. The zero-order valence-electron chi connectivity index (χ0n) is 10.4. The van der Waals surface area contributed by atoms with Crippen molar-refractivity contribution in [3.05, 3.63) is 21.9 Å². The number of nitrogens with one attached hydrogen (secondary N) is 2. The number of amides is 2. The molecule has 1 heterocycles. The largest absolute Gasteiger partial charge is 0.348 e. The molecule has 0 atom stereocenters. The van der Waals surface area contributed by atoms with E-state index in [4.69, 9.17) is 0 Å². The van der Waals surface area contributed by atoms with Gasteiger partial charge in [-0.1, -0.05) is 0 Å². The van der Waals surface area contributed by atoms with Crippen LogP contribution in [0.1, 0.15) is 28.4 Å². The normalized spacial score (nSPS) is 9.89. The summed E-state index contributed by atoms with van der Waals surface area (Å²) in [7, 11) is 0. The summed E-state index contributed by atoms with van der Waals surface area (Å²) in [5.41, 5.74) is 0. The number of Topliss-reactive ketones (excluding diaryl/α,β-unsaturated/α-hetero) is 1. The minimum Gasteiger partial charge on any atom is -0.348 e. The van der Waals surface area contributed by atoms with Gasteiger partial charge < -0.3 is 10.6 Å². The quantitative estimate of drug-likeness (QED) is 0.611. The van der Waals surface area contributed by atoms with Crippen molar-refractivity contribution in [2.45, 2.75) is 20.3 Å². The van der Waals surface area contributed by atoms with E-state index in [1.807, 2.05) is 6.07 Å². The predicted molar refractivity (Wildman–Crippen MR) is 69.7 cm³/mol. The molecule has 0 saturated carbocycles. The van der Waals surface area contributed by atoms with Crippen LogP contribution in [0.15, 0.2) is 12.1 Å². The highest BCUT2D eigenvalue weighted by Crippen LogP contribution is 2.16. The van der Waals surface area contributed by atoms with E-state index < -0.39 is 11.8 Å². The molecule has 0 bridgehead atoms.